The molecular formula is C20H38NO3S+. The molecule has 0 saturated heterocycles. The van der Waals surface area contributed by atoms with E-state index in [2.05, 4.69) is 51.4 Å². The van der Waals surface area contributed by atoms with Gasteiger partial charge in [-0.3, -0.25) is 4.55 Å². The molecule has 1 aromatic rings. The monoisotopic (exact) mass is 372 g/mol. The fraction of sp³-hybridized carbons (Fsp3) is 0.700. The highest BCUT2D eigenvalue weighted by Crippen LogP contribution is 2.12. The Morgan fingerprint density at radius 2 is 1.44 bits per heavy atom. The highest BCUT2D eigenvalue weighted by atomic mass is 32.2. The molecule has 0 amide bonds. The zero-order valence-electron chi connectivity index (χ0n) is 16.6. The van der Waals surface area contributed by atoms with E-state index in [1.54, 1.807) is 6.92 Å². The molecule has 0 atom stereocenters. The largest absolute Gasteiger partial charge is 0.325 e. The molecule has 0 radical (unpaired) electrons. The van der Waals surface area contributed by atoms with Crippen molar-refractivity contribution in [1.82, 2.24) is 0 Å². The Labute approximate surface area is 155 Å². The summed E-state index contributed by atoms with van der Waals surface area (Å²) in [5.41, 5.74) is 1.45. The molecule has 1 rings (SSSR count). The lowest BCUT2D eigenvalue weighted by Gasteiger charge is -2.30. The number of unbranched alkanes of at least 4 members (excludes halogenated alkanes) is 5. The predicted octanol–water partition coefficient (Wildman–Crippen LogP) is 4.91. The van der Waals surface area contributed by atoms with Crippen molar-refractivity contribution < 1.29 is 17.5 Å². The number of benzene rings is 1. The molecule has 0 heterocycles. The van der Waals surface area contributed by atoms with E-state index in [1.807, 2.05) is 0 Å². The van der Waals surface area contributed by atoms with Gasteiger partial charge in [-0.15, -0.1) is 0 Å². The van der Waals surface area contributed by atoms with Gasteiger partial charge in [0.2, 0.25) is 0 Å². The Morgan fingerprint density at radius 3 is 1.92 bits per heavy atom. The first-order chi connectivity index (χ1) is 11.7. The highest BCUT2D eigenvalue weighted by molar-refractivity contribution is 7.85. The molecule has 25 heavy (non-hydrogen) atoms. The topological polar surface area (TPSA) is 54.4 Å². The first-order valence-electron chi connectivity index (χ1n) is 9.51. The Kier molecular flexibility index (Phi) is 12.8. The van der Waals surface area contributed by atoms with E-state index in [-0.39, 0.29) is 5.75 Å². The van der Waals surface area contributed by atoms with Crippen LogP contribution >= 0.6 is 0 Å². The van der Waals surface area contributed by atoms with Crippen molar-refractivity contribution in [2.75, 3.05) is 26.4 Å². The van der Waals surface area contributed by atoms with E-state index < -0.39 is 10.1 Å². The maximum atomic E-state index is 9.79. The van der Waals surface area contributed by atoms with Crippen molar-refractivity contribution in [2.45, 2.75) is 65.3 Å². The number of hydrogen-bond donors (Lipinski definition) is 1. The van der Waals surface area contributed by atoms with Crippen LogP contribution in [0, 0.1) is 0 Å². The lowest BCUT2D eigenvalue weighted by atomic mass is 10.1. The van der Waals surface area contributed by atoms with Gasteiger partial charge in [-0.25, -0.2) is 0 Å². The van der Waals surface area contributed by atoms with Gasteiger partial charge in [0.15, 0.2) is 0 Å². The van der Waals surface area contributed by atoms with Crippen LogP contribution in [-0.2, 0) is 16.7 Å². The van der Waals surface area contributed by atoms with Crippen molar-refractivity contribution in [3.05, 3.63) is 35.9 Å². The SMILES string of the molecule is CCCCCCCC[N+](C)(C)Cc1ccccc1.CCCS(=O)(=O)O. The zero-order chi connectivity index (χ0) is 19.2. The van der Waals surface area contributed by atoms with Gasteiger partial charge in [0.05, 0.1) is 26.4 Å². The minimum atomic E-state index is -3.67. The van der Waals surface area contributed by atoms with E-state index in [4.69, 9.17) is 4.55 Å². The zero-order valence-corrected chi connectivity index (χ0v) is 17.4. The van der Waals surface area contributed by atoms with Gasteiger partial charge in [0.1, 0.15) is 6.54 Å². The average molecular weight is 373 g/mol. The van der Waals surface area contributed by atoms with Gasteiger partial charge in [0, 0.05) is 5.56 Å². The molecule has 0 spiro atoms. The van der Waals surface area contributed by atoms with Crippen molar-refractivity contribution in [3.8, 4) is 0 Å². The van der Waals surface area contributed by atoms with Crippen LogP contribution in [0.2, 0.25) is 0 Å². The minimum Gasteiger partial charge on any atom is -0.325 e. The fourth-order valence-corrected chi connectivity index (χ4v) is 3.25. The summed E-state index contributed by atoms with van der Waals surface area (Å²) in [6.45, 7) is 6.41. The van der Waals surface area contributed by atoms with Crippen LogP contribution in [0.5, 0.6) is 0 Å². The van der Waals surface area contributed by atoms with Crippen LogP contribution in [0.15, 0.2) is 30.3 Å². The van der Waals surface area contributed by atoms with Crippen LogP contribution in [0.1, 0.15) is 64.4 Å². The van der Waals surface area contributed by atoms with Gasteiger partial charge >= 0.3 is 0 Å². The third kappa shape index (κ3) is 16.3. The standard InChI is InChI=1S/C17H30N.C3H8O3S/c1-4-5-6-7-8-12-15-18(2,3)16-17-13-10-9-11-14-17;1-2-3-7(4,5)6/h9-11,13-14H,4-8,12,15-16H2,1-3H3;2-3H2,1H3,(H,4,5,6)/q+1;. The third-order valence-corrected chi connectivity index (χ3v) is 4.96. The second-order valence-corrected chi connectivity index (χ2v) is 8.93. The van der Waals surface area contributed by atoms with Crippen LogP contribution < -0.4 is 0 Å². The molecule has 0 aliphatic rings. The second kappa shape index (κ2) is 13.3. The molecule has 1 aromatic carbocycles. The molecule has 0 aliphatic heterocycles. The highest BCUT2D eigenvalue weighted by Gasteiger charge is 2.14. The molecule has 4 nitrogen and oxygen atoms in total. The number of rotatable bonds is 11. The quantitative estimate of drug-likeness (QED) is 0.341. The van der Waals surface area contributed by atoms with Gasteiger partial charge in [-0.2, -0.15) is 8.42 Å². The number of nitrogens with zero attached hydrogens (tertiary/aromatic N) is 1. The smallest absolute Gasteiger partial charge is 0.264 e. The van der Waals surface area contributed by atoms with E-state index in [1.165, 1.54) is 50.6 Å². The minimum absolute atomic E-state index is 0.132. The van der Waals surface area contributed by atoms with Gasteiger partial charge in [-0.05, 0) is 19.3 Å². The summed E-state index contributed by atoms with van der Waals surface area (Å²) in [5, 5.41) is 0. The fourth-order valence-electron chi connectivity index (χ4n) is 2.73. The first-order valence-corrected chi connectivity index (χ1v) is 11.1. The van der Waals surface area contributed by atoms with Gasteiger partial charge in [0.25, 0.3) is 10.1 Å². The van der Waals surface area contributed by atoms with Crippen molar-refractivity contribution in [3.63, 3.8) is 0 Å². The Bertz CT molecular complexity index is 527. The van der Waals surface area contributed by atoms with Crippen LogP contribution in [0.4, 0.5) is 0 Å². The normalized spacial score (nSPS) is 11.7. The lowest BCUT2D eigenvalue weighted by molar-refractivity contribution is -0.903. The molecule has 0 saturated carbocycles. The lowest BCUT2D eigenvalue weighted by Crippen LogP contribution is -2.39. The molecule has 0 aliphatic carbocycles. The average Bonchev–Trinajstić information content (AvgIpc) is 2.51. The van der Waals surface area contributed by atoms with Crippen molar-refractivity contribution in [2.24, 2.45) is 0 Å². The molecule has 146 valence electrons. The molecule has 0 fully saturated rings. The molecular weight excluding hydrogens is 334 g/mol. The van der Waals surface area contributed by atoms with E-state index in [0.717, 1.165) is 11.0 Å². The van der Waals surface area contributed by atoms with Crippen LogP contribution in [-0.4, -0.2) is 43.8 Å². The molecule has 0 bridgehead atoms. The van der Waals surface area contributed by atoms with E-state index in [0.29, 0.717) is 6.42 Å². The van der Waals surface area contributed by atoms with Crippen LogP contribution in [0.3, 0.4) is 0 Å². The van der Waals surface area contributed by atoms with Gasteiger partial charge < -0.3 is 4.48 Å². The van der Waals surface area contributed by atoms with Crippen molar-refractivity contribution >= 4 is 10.1 Å². The molecule has 5 heteroatoms. The maximum Gasteiger partial charge on any atom is 0.264 e. The Hall–Kier alpha value is -0.910. The molecule has 0 aromatic heterocycles. The van der Waals surface area contributed by atoms with E-state index >= 15 is 0 Å². The maximum absolute atomic E-state index is 9.79. The first kappa shape index (κ1) is 24.1. The number of quaternary nitrogens is 1. The summed E-state index contributed by atoms with van der Waals surface area (Å²) in [7, 11) is 1.02. The Morgan fingerprint density at radius 1 is 0.880 bits per heavy atom. The molecule has 1 N–H and O–H groups in total. The summed E-state index contributed by atoms with van der Waals surface area (Å²) >= 11 is 0. The predicted molar refractivity (Wildman–Crippen MR) is 107 cm³/mol. The van der Waals surface area contributed by atoms with Gasteiger partial charge in [-0.1, -0.05) is 69.9 Å². The Balaban J connectivity index is 0.000000697. The second-order valence-electron chi connectivity index (χ2n) is 7.36. The van der Waals surface area contributed by atoms with E-state index in [9.17, 15) is 8.42 Å². The summed E-state index contributed by atoms with van der Waals surface area (Å²) < 4.78 is 28.7. The summed E-state index contributed by atoms with van der Waals surface area (Å²) in [6, 6.07) is 10.8. The van der Waals surface area contributed by atoms with Crippen LogP contribution in [0.25, 0.3) is 0 Å². The number of hydrogen-bond acceptors (Lipinski definition) is 2. The summed E-state index contributed by atoms with van der Waals surface area (Å²) in [5.74, 6) is -0.132. The molecule has 0 unspecified atom stereocenters. The van der Waals surface area contributed by atoms with Crippen molar-refractivity contribution in [1.29, 1.82) is 0 Å². The third-order valence-electron chi connectivity index (χ3n) is 4.03. The summed E-state index contributed by atoms with van der Waals surface area (Å²) in [6.07, 6.45) is 8.82. The summed E-state index contributed by atoms with van der Waals surface area (Å²) in [4.78, 5) is 0.